The van der Waals surface area contributed by atoms with Crippen molar-refractivity contribution < 1.29 is 9.59 Å². The number of carbonyl (C=O) groups is 2. The van der Waals surface area contributed by atoms with Gasteiger partial charge < -0.3 is 10.2 Å². The van der Waals surface area contributed by atoms with Crippen molar-refractivity contribution in [2.45, 2.75) is 25.9 Å². The number of hydrogen-bond acceptors (Lipinski definition) is 4. The molecule has 32 heavy (non-hydrogen) atoms. The molecule has 2 aromatic carbocycles. The van der Waals surface area contributed by atoms with Gasteiger partial charge in [0.05, 0.1) is 11.4 Å². The Labute approximate surface area is 185 Å². The molecule has 0 spiro atoms. The normalized spacial score (nSPS) is 15.4. The highest BCUT2D eigenvalue weighted by Gasteiger charge is 2.35. The highest BCUT2D eigenvalue weighted by Crippen LogP contribution is 2.26. The molecule has 2 amide bonds. The van der Waals surface area contributed by atoms with Crippen LogP contribution in [0.3, 0.4) is 0 Å². The average Bonchev–Trinajstić information content (AvgIpc) is 3.18. The first-order chi connectivity index (χ1) is 15.6. The zero-order chi connectivity index (χ0) is 22.2. The van der Waals surface area contributed by atoms with Crippen molar-refractivity contribution >= 4 is 22.8 Å². The number of likely N-dealkylation sites (N-methyl/N-ethyl adjacent to an activating group) is 1. The summed E-state index contributed by atoms with van der Waals surface area (Å²) in [7, 11) is 1.59. The summed E-state index contributed by atoms with van der Waals surface area (Å²) in [5.41, 5.74) is 4.76. The molecule has 0 unspecified atom stereocenters. The van der Waals surface area contributed by atoms with Crippen LogP contribution in [-0.4, -0.2) is 44.6 Å². The standard InChI is InChI=1S/C25H23N5O2/c1-16-20-12-13-21(27-23(20)30(28-16)19-10-4-3-5-11-19)25(32)29-15-18-9-7-6-8-17(18)14-22(29)24(31)26-2/h3-13,22H,14-15H2,1-2H3,(H,26,31)/t22-/m0/s1. The number of aryl methyl sites for hydroxylation is 1. The number of nitrogens with one attached hydrogen (secondary N) is 1. The Morgan fingerprint density at radius 3 is 2.44 bits per heavy atom. The molecule has 0 fully saturated rings. The van der Waals surface area contributed by atoms with Crippen LogP contribution in [0.2, 0.25) is 0 Å². The van der Waals surface area contributed by atoms with E-state index in [1.807, 2.05) is 67.6 Å². The molecule has 7 nitrogen and oxygen atoms in total. The highest BCUT2D eigenvalue weighted by atomic mass is 16.2. The number of amides is 2. The minimum absolute atomic E-state index is 0.181. The lowest BCUT2D eigenvalue weighted by Crippen LogP contribution is -2.52. The lowest BCUT2D eigenvalue weighted by Gasteiger charge is -2.35. The van der Waals surface area contributed by atoms with Crippen molar-refractivity contribution in [2.75, 3.05) is 7.05 Å². The number of para-hydroxylation sites is 1. The van der Waals surface area contributed by atoms with E-state index < -0.39 is 6.04 Å². The summed E-state index contributed by atoms with van der Waals surface area (Å²) in [6, 6.07) is 20.7. The third kappa shape index (κ3) is 3.32. The molecule has 2 aromatic heterocycles. The zero-order valence-corrected chi connectivity index (χ0v) is 17.9. The fourth-order valence-corrected chi connectivity index (χ4v) is 4.30. The lowest BCUT2D eigenvalue weighted by atomic mass is 9.93. The van der Waals surface area contributed by atoms with Crippen molar-refractivity contribution in [3.05, 3.63) is 89.2 Å². The second-order valence-corrected chi connectivity index (χ2v) is 7.94. The van der Waals surface area contributed by atoms with Gasteiger partial charge in [-0.25, -0.2) is 9.67 Å². The summed E-state index contributed by atoms with van der Waals surface area (Å²) < 4.78 is 1.75. The van der Waals surface area contributed by atoms with Crippen molar-refractivity contribution in [1.29, 1.82) is 0 Å². The number of fused-ring (bicyclic) bond motifs is 2. The van der Waals surface area contributed by atoms with Gasteiger partial charge >= 0.3 is 0 Å². The molecule has 5 rings (SSSR count). The van der Waals surface area contributed by atoms with Gasteiger partial charge in [0, 0.05) is 25.4 Å². The van der Waals surface area contributed by atoms with Crippen molar-refractivity contribution in [3.8, 4) is 5.69 Å². The van der Waals surface area contributed by atoms with E-state index in [1.165, 1.54) is 0 Å². The maximum Gasteiger partial charge on any atom is 0.273 e. The van der Waals surface area contributed by atoms with E-state index in [0.29, 0.717) is 24.3 Å². The molecule has 0 saturated carbocycles. The van der Waals surface area contributed by atoms with Crippen molar-refractivity contribution in [2.24, 2.45) is 0 Å². The smallest absolute Gasteiger partial charge is 0.273 e. The highest BCUT2D eigenvalue weighted by molar-refractivity contribution is 5.98. The van der Waals surface area contributed by atoms with Crippen LogP contribution in [-0.2, 0) is 17.8 Å². The summed E-state index contributed by atoms with van der Waals surface area (Å²) in [6.07, 6.45) is 0.477. The van der Waals surface area contributed by atoms with E-state index in [1.54, 1.807) is 22.7 Å². The van der Waals surface area contributed by atoms with Crippen molar-refractivity contribution in [1.82, 2.24) is 25.0 Å². The number of rotatable bonds is 3. The van der Waals surface area contributed by atoms with Crippen LogP contribution in [0.15, 0.2) is 66.7 Å². The molecule has 4 aromatic rings. The van der Waals surface area contributed by atoms with Gasteiger partial charge in [0.25, 0.3) is 5.91 Å². The van der Waals surface area contributed by atoms with Gasteiger partial charge in [-0.1, -0.05) is 42.5 Å². The van der Waals surface area contributed by atoms with Gasteiger partial charge in [-0.2, -0.15) is 5.10 Å². The topological polar surface area (TPSA) is 80.1 Å². The molecule has 0 radical (unpaired) electrons. The van der Waals surface area contributed by atoms with Gasteiger partial charge in [-0.15, -0.1) is 0 Å². The Balaban J connectivity index is 1.57. The predicted octanol–water partition coefficient (Wildman–Crippen LogP) is 3.04. The molecule has 160 valence electrons. The van der Waals surface area contributed by atoms with Crippen molar-refractivity contribution in [3.63, 3.8) is 0 Å². The Bertz CT molecular complexity index is 1330. The molecule has 1 atom stereocenters. The molecule has 3 heterocycles. The fraction of sp³-hybridized carbons (Fsp3) is 0.200. The lowest BCUT2D eigenvalue weighted by molar-refractivity contribution is -0.125. The minimum Gasteiger partial charge on any atom is -0.357 e. The number of nitrogens with zero attached hydrogens (tertiary/aromatic N) is 4. The first kappa shape index (κ1) is 19.9. The molecule has 1 aliphatic heterocycles. The number of hydrogen-bond donors (Lipinski definition) is 1. The summed E-state index contributed by atoms with van der Waals surface area (Å²) in [5, 5.41) is 8.21. The molecule has 0 aliphatic carbocycles. The fourth-order valence-electron chi connectivity index (χ4n) is 4.30. The SMILES string of the molecule is CNC(=O)[C@@H]1Cc2ccccc2CN1C(=O)c1ccc2c(C)nn(-c3ccccc3)c2n1. The Kier molecular flexibility index (Phi) is 4.93. The Morgan fingerprint density at radius 1 is 0.969 bits per heavy atom. The third-order valence-electron chi connectivity index (χ3n) is 5.99. The zero-order valence-electron chi connectivity index (χ0n) is 17.9. The number of benzene rings is 2. The van der Waals surface area contributed by atoms with E-state index in [2.05, 4.69) is 10.4 Å². The molecule has 1 aliphatic rings. The summed E-state index contributed by atoms with van der Waals surface area (Å²) >= 11 is 0. The van der Waals surface area contributed by atoms with Gasteiger partial charge in [0.15, 0.2) is 5.65 Å². The van der Waals surface area contributed by atoms with Crippen LogP contribution >= 0.6 is 0 Å². The van der Waals surface area contributed by atoms with Gasteiger partial charge in [-0.3, -0.25) is 9.59 Å². The second-order valence-electron chi connectivity index (χ2n) is 7.94. The number of carbonyl (C=O) groups excluding carboxylic acids is 2. The monoisotopic (exact) mass is 425 g/mol. The number of aromatic nitrogens is 3. The van der Waals surface area contributed by atoms with Crippen LogP contribution < -0.4 is 5.32 Å². The van der Waals surface area contributed by atoms with Gasteiger partial charge in [0.1, 0.15) is 11.7 Å². The summed E-state index contributed by atoms with van der Waals surface area (Å²) in [4.78, 5) is 32.5. The van der Waals surface area contributed by atoms with Crippen LogP contribution in [0.1, 0.15) is 27.3 Å². The van der Waals surface area contributed by atoms with Gasteiger partial charge in [0.2, 0.25) is 5.91 Å². The molecule has 7 heteroatoms. The van der Waals surface area contributed by atoms with Crippen LogP contribution in [0, 0.1) is 6.92 Å². The Hall–Kier alpha value is -4.00. The second kappa shape index (κ2) is 7.92. The summed E-state index contributed by atoms with van der Waals surface area (Å²) in [6.45, 7) is 2.29. The van der Waals surface area contributed by atoms with E-state index in [4.69, 9.17) is 4.98 Å². The van der Waals surface area contributed by atoms with E-state index >= 15 is 0 Å². The molecule has 0 saturated heterocycles. The summed E-state index contributed by atoms with van der Waals surface area (Å²) in [5.74, 6) is -0.451. The van der Waals surface area contributed by atoms with E-state index in [9.17, 15) is 9.59 Å². The maximum atomic E-state index is 13.6. The first-order valence-electron chi connectivity index (χ1n) is 10.6. The minimum atomic E-state index is -0.583. The van der Waals surface area contributed by atoms with Gasteiger partial charge in [-0.05, 0) is 42.3 Å². The maximum absolute atomic E-state index is 13.6. The molecular weight excluding hydrogens is 402 g/mol. The third-order valence-corrected chi connectivity index (χ3v) is 5.99. The predicted molar refractivity (Wildman–Crippen MR) is 121 cm³/mol. The molecule has 0 bridgehead atoms. The van der Waals surface area contributed by atoms with E-state index in [0.717, 1.165) is 27.9 Å². The molecule has 1 N–H and O–H groups in total. The van der Waals surface area contributed by atoms with Crippen LogP contribution in [0.4, 0.5) is 0 Å². The van der Waals surface area contributed by atoms with E-state index in [-0.39, 0.29) is 11.8 Å². The number of pyridine rings is 1. The Morgan fingerprint density at radius 2 is 1.69 bits per heavy atom. The quantitative estimate of drug-likeness (QED) is 0.547. The first-order valence-corrected chi connectivity index (χ1v) is 10.6. The molecular formula is C25H23N5O2. The average molecular weight is 425 g/mol. The largest absolute Gasteiger partial charge is 0.357 e. The van der Waals surface area contributed by atoms with Crippen LogP contribution in [0.25, 0.3) is 16.7 Å². The van der Waals surface area contributed by atoms with Crippen LogP contribution in [0.5, 0.6) is 0 Å².